The average molecular weight is 382 g/mol. The fourth-order valence-corrected chi connectivity index (χ4v) is 3.25. The van der Waals surface area contributed by atoms with E-state index >= 15 is 0 Å². The van der Waals surface area contributed by atoms with Crippen LogP contribution in [0.5, 0.6) is 11.5 Å². The maximum atomic E-state index is 11.1. The third kappa shape index (κ3) is 5.57. The average Bonchev–Trinajstić information content (AvgIpc) is 2.69. The number of carbonyl (C=O) groups is 1. The summed E-state index contributed by atoms with van der Waals surface area (Å²) in [4.78, 5) is 12.7. The number of nitrogens with zero attached hydrogens (tertiary/aromatic N) is 2. The molecule has 0 radical (unpaired) electrons. The monoisotopic (exact) mass is 382 g/mol. The van der Waals surface area contributed by atoms with Crippen LogP contribution in [0.4, 0.5) is 0 Å². The zero-order chi connectivity index (χ0) is 19.9. The quantitative estimate of drug-likeness (QED) is 0.469. The Morgan fingerprint density at radius 1 is 1.14 bits per heavy atom. The lowest BCUT2D eigenvalue weighted by Gasteiger charge is -2.30. The van der Waals surface area contributed by atoms with Gasteiger partial charge in [-0.2, -0.15) is 5.10 Å². The molecule has 1 heterocycles. The van der Waals surface area contributed by atoms with Gasteiger partial charge in [-0.3, -0.25) is 9.80 Å². The summed E-state index contributed by atoms with van der Waals surface area (Å²) in [5, 5.41) is 6.71. The Morgan fingerprint density at radius 2 is 1.86 bits per heavy atom. The molecule has 1 N–H and O–H groups in total. The number of methoxy groups -OCH3 is 1. The van der Waals surface area contributed by atoms with Crippen molar-refractivity contribution in [3.8, 4) is 11.5 Å². The van der Waals surface area contributed by atoms with Crippen LogP contribution in [0.15, 0.2) is 47.6 Å². The second-order valence-corrected chi connectivity index (χ2v) is 7.11. The highest BCUT2D eigenvalue weighted by molar-refractivity contribution is 5.81. The molecule has 6 nitrogen and oxygen atoms in total. The molecule has 2 aromatic carbocycles. The topological polar surface area (TPSA) is 55.6 Å². The van der Waals surface area contributed by atoms with E-state index in [9.17, 15) is 4.79 Å². The second kappa shape index (κ2) is 9.37. The van der Waals surface area contributed by atoms with Crippen molar-refractivity contribution in [1.82, 2.24) is 5.01 Å². The van der Waals surface area contributed by atoms with Crippen molar-refractivity contribution in [1.29, 1.82) is 0 Å². The minimum Gasteiger partial charge on any atom is -0.493 e. The summed E-state index contributed by atoms with van der Waals surface area (Å²) < 4.78 is 10.4. The van der Waals surface area contributed by atoms with Crippen LogP contribution in [0.3, 0.4) is 0 Å². The maximum Gasteiger partial charge on any atom is 0.308 e. The number of quaternary nitrogens is 1. The normalized spacial score (nSPS) is 15.0. The van der Waals surface area contributed by atoms with Gasteiger partial charge in [0, 0.05) is 12.5 Å². The Morgan fingerprint density at radius 3 is 2.50 bits per heavy atom. The Hall–Kier alpha value is -2.86. The standard InChI is InChI=1S/C22H27N3O3/c1-17-4-6-19(7-5-17)16-24-10-12-25(13-11-24)23-15-20-8-9-21(28-18(2)26)22(14-20)27-3/h4-9,14-15H,10-13,16H2,1-3H3/p+1/b23-15-. The summed E-state index contributed by atoms with van der Waals surface area (Å²) in [6.07, 6.45) is 1.82. The highest BCUT2D eigenvalue weighted by atomic mass is 16.6. The third-order valence-electron chi connectivity index (χ3n) is 4.83. The van der Waals surface area contributed by atoms with Crippen molar-refractivity contribution in [2.75, 3.05) is 33.3 Å². The highest BCUT2D eigenvalue weighted by Gasteiger charge is 2.18. The number of piperazine rings is 1. The number of rotatable bonds is 6. The highest BCUT2D eigenvalue weighted by Crippen LogP contribution is 2.27. The molecule has 2 aromatic rings. The van der Waals surface area contributed by atoms with Gasteiger partial charge in [-0.25, -0.2) is 0 Å². The van der Waals surface area contributed by atoms with E-state index in [4.69, 9.17) is 9.47 Å². The number of hydrazone groups is 1. The van der Waals surface area contributed by atoms with Crippen LogP contribution in [-0.2, 0) is 11.3 Å². The summed E-state index contributed by atoms with van der Waals surface area (Å²) in [5.41, 5.74) is 3.59. The molecule has 0 aliphatic carbocycles. The van der Waals surface area contributed by atoms with Crippen molar-refractivity contribution in [3.05, 3.63) is 59.2 Å². The van der Waals surface area contributed by atoms with Crippen LogP contribution in [0, 0.1) is 6.92 Å². The zero-order valence-electron chi connectivity index (χ0n) is 16.8. The fourth-order valence-electron chi connectivity index (χ4n) is 3.25. The molecule has 1 aliphatic rings. The van der Waals surface area contributed by atoms with Gasteiger partial charge < -0.3 is 14.4 Å². The minimum absolute atomic E-state index is 0.370. The van der Waals surface area contributed by atoms with Crippen LogP contribution < -0.4 is 14.4 Å². The summed E-state index contributed by atoms with van der Waals surface area (Å²) in [6.45, 7) is 8.55. The molecule has 28 heavy (non-hydrogen) atoms. The minimum atomic E-state index is -0.370. The van der Waals surface area contributed by atoms with Gasteiger partial charge in [0.2, 0.25) is 0 Å². The lowest BCUT2D eigenvalue weighted by atomic mass is 10.1. The van der Waals surface area contributed by atoms with Gasteiger partial charge >= 0.3 is 5.97 Å². The number of hydrogen-bond donors (Lipinski definition) is 1. The van der Waals surface area contributed by atoms with Crippen LogP contribution in [0.1, 0.15) is 23.6 Å². The second-order valence-electron chi connectivity index (χ2n) is 7.11. The summed E-state index contributed by atoms with van der Waals surface area (Å²) in [7, 11) is 1.55. The van der Waals surface area contributed by atoms with Crippen LogP contribution in [0.2, 0.25) is 0 Å². The Kier molecular flexibility index (Phi) is 6.66. The molecule has 0 atom stereocenters. The molecule has 0 saturated carbocycles. The zero-order valence-corrected chi connectivity index (χ0v) is 16.8. The first-order valence-electron chi connectivity index (χ1n) is 9.58. The van der Waals surface area contributed by atoms with E-state index in [1.165, 1.54) is 18.1 Å². The lowest BCUT2D eigenvalue weighted by Crippen LogP contribution is -3.13. The van der Waals surface area contributed by atoms with Gasteiger partial charge in [-0.1, -0.05) is 29.8 Å². The molecule has 1 fully saturated rings. The number of nitrogens with one attached hydrogen (secondary N) is 1. The number of benzene rings is 2. The van der Waals surface area contributed by atoms with Crippen molar-refractivity contribution in [3.63, 3.8) is 0 Å². The summed E-state index contributed by atoms with van der Waals surface area (Å²) in [6, 6.07) is 14.2. The first kappa shape index (κ1) is 19.9. The molecular formula is C22H28N3O3+. The van der Waals surface area contributed by atoms with E-state index in [0.29, 0.717) is 11.5 Å². The summed E-state index contributed by atoms with van der Waals surface area (Å²) >= 11 is 0. The predicted octanol–water partition coefficient (Wildman–Crippen LogP) is 1.66. The van der Waals surface area contributed by atoms with E-state index in [1.807, 2.05) is 18.3 Å². The van der Waals surface area contributed by atoms with Crippen molar-refractivity contribution in [2.45, 2.75) is 20.4 Å². The molecule has 1 saturated heterocycles. The lowest BCUT2D eigenvalue weighted by molar-refractivity contribution is -0.918. The number of esters is 1. The van der Waals surface area contributed by atoms with Gasteiger partial charge in [-0.15, -0.1) is 0 Å². The molecule has 1 aliphatic heterocycles. The Labute approximate surface area is 166 Å². The van der Waals surface area contributed by atoms with Gasteiger partial charge in [0.15, 0.2) is 11.5 Å². The van der Waals surface area contributed by atoms with E-state index in [0.717, 1.165) is 38.3 Å². The van der Waals surface area contributed by atoms with Crippen LogP contribution in [0.25, 0.3) is 0 Å². The van der Waals surface area contributed by atoms with Crippen molar-refractivity contribution >= 4 is 12.2 Å². The number of hydrogen-bond acceptors (Lipinski definition) is 5. The van der Waals surface area contributed by atoms with E-state index in [1.54, 1.807) is 18.1 Å². The van der Waals surface area contributed by atoms with Gasteiger partial charge in [-0.05, 0) is 30.7 Å². The third-order valence-corrected chi connectivity index (χ3v) is 4.83. The number of aryl methyl sites for hydroxylation is 1. The first-order valence-corrected chi connectivity index (χ1v) is 9.58. The molecule has 3 rings (SSSR count). The fraction of sp³-hybridized carbons (Fsp3) is 0.364. The van der Waals surface area contributed by atoms with E-state index in [-0.39, 0.29) is 5.97 Å². The van der Waals surface area contributed by atoms with E-state index in [2.05, 4.69) is 41.3 Å². The maximum absolute atomic E-state index is 11.1. The molecule has 0 unspecified atom stereocenters. The SMILES string of the molecule is COc1cc(/C=N\N2CC[NH+](Cc3ccc(C)cc3)CC2)ccc1OC(C)=O. The Bertz CT molecular complexity index is 825. The van der Waals surface area contributed by atoms with Crippen LogP contribution >= 0.6 is 0 Å². The molecule has 0 aromatic heterocycles. The number of carbonyl (C=O) groups excluding carboxylic acids is 1. The van der Waals surface area contributed by atoms with Crippen molar-refractivity contribution in [2.24, 2.45) is 5.10 Å². The largest absolute Gasteiger partial charge is 0.493 e. The molecular weight excluding hydrogens is 354 g/mol. The van der Waals surface area contributed by atoms with Gasteiger partial charge in [0.25, 0.3) is 0 Å². The first-order chi connectivity index (χ1) is 13.5. The molecule has 6 heteroatoms. The number of ether oxygens (including phenoxy) is 2. The van der Waals surface area contributed by atoms with Gasteiger partial charge in [0.05, 0.1) is 39.5 Å². The molecule has 0 spiro atoms. The van der Waals surface area contributed by atoms with Crippen LogP contribution in [-0.4, -0.2) is 50.5 Å². The van der Waals surface area contributed by atoms with Crippen molar-refractivity contribution < 1.29 is 19.2 Å². The van der Waals surface area contributed by atoms with Gasteiger partial charge in [0.1, 0.15) is 6.54 Å². The predicted molar refractivity (Wildman–Crippen MR) is 109 cm³/mol. The molecule has 148 valence electrons. The molecule has 0 bridgehead atoms. The van der Waals surface area contributed by atoms with E-state index < -0.39 is 0 Å². The Balaban J connectivity index is 1.53. The summed E-state index contributed by atoms with van der Waals surface area (Å²) in [5.74, 6) is 0.567. The molecule has 0 amide bonds. The smallest absolute Gasteiger partial charge is 0.308 e.